The van der Waals surface area contributed by atoms with Gasteiger partial charge >= 0.3 is 5.97 Å². The first-order valence-corrected chi connectivity index (χ1v) is 10.3. The van der Waals surface area contributed by atoms with Gasteiger partial charge in [-0.15, -0.1) is 0 Å². The number of carbonyl (C=O) groups excluding carboxylic acids is 1. The second-order valence-electron chi connectivity index (χ2n) is 8.53. The van der Waals surface area contributed by atoms with Crippen molar-refractivity contribution in [1.29, 1.82) is 0 Å². The monoisotopic (exact) mass is 433 g/mol. The van der Waals surface area contributed by atoms with Crippen LogP contribution in [0.3, 0.4) is 0 Å². The molecule has 2 N–H and O–H groups in total. The highest BCUT2D eigenvalue weighted by Gasteiger charge is 2.24. The summed E-state index contributed by atoms with van der Waals surface area (Å²) in [4.78, 5) is 23.7. The maximum Gasteiger partial charge on any atom is 0.305 e. The molecule has 0 aliphatic rings. The van der Waals surface area contributed by atoms with E-state index in [0.717, 1.165) is 12.8 Å². The molecule has 8 nitrogen and oxygen atoms in total. The van der Waals surface area contributed by atoms with E-state index in [0.29, 0.717) is 28.3 Å². The number of amides is 1. The van der Waals surface area contributed by atoms with E-state index in [1.54, 1.807) is 19.2 Å². The van der Waals surface area contributed by atoms with Gasteiger partial charge in [-0.2, -0.15) is 0 Å². The summed E-state index contributed by atoms with van der Waals surface area (Å²) in [5.41, 5.74) is 1.17. The first-order valence-electron chi connectivity index (χ1n) is 10.3. The van der Waals surface area contributed by atoms with Crippen LogP contribution in [0.25, 0.3) is 0 Å². The van der Waals surface area contributed by atoms with Crippen molar-refractivity contribution in [2.45, 2.75) is 38.8 Å². The molecule has 31 heavy (non-hydrogen) atoms. The van der Waals surface area contributed by atoms with Crippen molar-refractivity contribution in [1.82, 2.24) is 5.32 Å². The van der Waals surface area contributed by atoms with Gasteiger partial charge < -0.3 is 28.8 Å². The average molecular weight is 434 g/mol. The second kappa shape index (κ2) is 10.9. The van der Waals surface area contributed by atoms with Gasteiger partial charge in [-0.05, 0) is 36.2 Å². The number of methoxy groups -OCH3 is 1. The minimum Gasteiger partial charge on any atom is -0.493 e. The summed E-state index contributed by atoms with van der Waals surface area (Å²) in [6, 6.07) is 8.52. The number of carboxylic acid groups (broad SMARTS) is 1. The topological polar surface area (TPSA) is 98.0 Å². The molecule has 2 aromatic rings. The van der Waals surface area contributed by atoms with Crippen molar-refractivity contribution in [2.75, 3.05) is 34.8 Å². The highest BCUT2D eigenvalue weighted by atomic mass is 16.5. The van der Waals surface area contributed by atoms with Crippen LogP contribution >= 0.6 is 0 Å². The van der Waals surface area contributed by atoms with Gasteiger partial charge in [-0.25, -0.2) is 0 Å². The third kappa shape index (κ3) is 7.97. The van der Waals surface area contributed by atoms with Gasteiger partial charge in [0.05, 0.1) is 47.3 Å². The quantitative estimate of drug-likeness (QED) is 0.499. The lowest BCUT2D eigenvalue weighted by atomic mass is 10.1. The minimum atomic E-state index is -0.966. The molecule has 1 amide bonds. The van der Waals surface area contributed by atoms with Crippen molar-refractivity contribution < 1.29 is 33.1 Å². The molecular formula is C23H33N2O6+. The molecule has 2 rings (SSSR count). The van der Waals surface area contributed by atoms with Gasteiger partial charge in [0.2, 0.25) is 0 Å². The van der Waals surface area contributed by atoms with Gasteiger partial charge in [0.25, 0.3) is 5.91 Å². The predicted octanol–water partition coefficient (Wildman–Crippen LogP) is 3.10. The highest BCUT2D eigenvalue weighted by Crippen LogP contribution is 2.29. The van der Waals surface area contributed by atoms with Crippen LogP contribution in [0.5, 0.6) is 11.5 Å². The molecule has 8 heteroatoms. The Morgan fingerprint density at radius 2 is 1.90 bits per heavy atom. The Labute approximate surface area is 183 Å². The average Bonchev–Trinajstić information content (AvgIpc) is 3.14. The fourth-order valence-corrected chi connectivity index (χ4v) is 3.29. The molecule has 0 bridgehead atoms. The summed E-state index contributed by atoms with van der Waals surface area (Å²) in [6.07, 6.45) is 1.85. The predicted molar refractivity (Wildman–Crippen MR) is 116 cm³/mol. The molecule has 1 aromatic carbocycles. The molecule has 0 saturated carbocycles. The maximum absolute atomic E-state index is 12.5. The van der Waals surface area contributed by atoms with E-state index in [-0.39, 0.29) is 18.8 Å². The van der Waals surface area contributed by atoms with E-state index in [1.165, 1.54) is 5.56 Å². The van der Waals surface area contributed by atoms with Crippen molar-refractivity contribution in [2.24, 2.45) is 0 Å². The van der Waals surface area contributed by atoms with Gasteiger partial charge in [0, 0.05) is 0 Å². The lowest BCUT2D eigenvalue weighted by Gasteiger charge is -2.28. The second-order valence-corrected chi connectivity index (χ2v) is 8.53. The Morgan fingerprint density at radius 1 is 1.16 bits per heavy atom. The number of rotatable bonds is 12. The third-order valence-electron chi connectivity index (χ3n) is 4.55. The summed E-state index contributed by atoms with van der Waals surface area (Å²) in [5.74, 6) is 0.409. The Balaban J connectivity index is 2.01. The fourth-order valence-electron chi connectivity index (χ4n) is 3.29. The SMILES string of the molecule is CCCc1ccc(OCc2ccc(C(=O)N[C@H](CC(=O)O)C[N+](C)(C)C)o2)c(OC)c1. The summed E-state index contributed by atoms with van der Waals surface area (Å²) in [5, 5.41) is 11.9. The number of ether oxygens (including phenoxy) is 2. The van der Waals surface area contributed by atoms with E-state index in [1.807, 2.05) is 39.3 Å². The highest BCUT2D eigenvalue weighted by molar-refractivity contribution is 5.92. The van der Waals surface area contributed by atoms with Gasteiger partial charge in [-0.1, -0.05) is 19.4 Å². The standard InChI is InChI=1S/C23H32N2O6/c1-6-7-16-8-10-19(21(12-16)29-5)30-15-18-9-11-20(31-18)23(28)24-17(13-22(26)27)14-25(2,3)4/h8-12,17H,6-7,13-15H2,1-5H3,(H-,24,26,27,28)/p+1/t17-/m1/s1. The summed E-state index contributed by atoms with van der Waals surface area (Å²) in [7, 11) is 7.41. The number of nitrogens with one attached hydrogen (secondary N) is 1. The Morgan fingerprint density at radius 3 is 2.52 bits per heavy atom. The van der Waals surface area contributed by atoms with E-state index >= 15 is 0 Å². The summed E-state index contributed by atoms with van der Waals surface area (Å²) in [6.45, 7) is 2.73. The van der Waals surface area contributed by atoms with Gasteiger partial charge in [0.15, 0.2) is 17.3 Å². The minimum absolute atomic E-state index is 0.112. The molecular weight excluding hydrogens is 400 g/mol. The Kier molecular flexibility index (Phi) is 8.50. The molecule has 0 spiro atoms. The van der Waals surface area contributed by atoms with Crippen LogP contribution < -0.4 is 14.8 Å². The zero-order chi connectivity index (χ0) is 23.0. The Bertz CT molecular complexity index is 884. The number of hydrogen-bond acceptors (Lipinski definition) is 5. The van der Waals surface area contributed by atoms with Crippen LogP contribution in [0.2, 0.25) is 0 Å². The van der Waals surface area contributed by atoms with Crippen LogP contribution in [0, 0.1) is 0 Å². The largest absolute Gasteiger partial charge is 0.493 e. The smallest absolute Gasteiger partial charge is 0.305 e. The Hall–Kier alpha value is -3.00. The molecule has 0 aliphatic heterocycles. The molecule has 1 heterocycles. The molecule has 0 saturated heterocycles. The fraction of sp³-hybridized carbons (Fsp3) is 0.478. The molecule has 0 aliphatic carbocycles. The molecule has 1 atom stereocenters. The zero-order valence-corrected chi connectivity index (χ0v) is 18.9. The molecule has 0 unspecified atom stereocenters. The number of quaternary nitrogens is 1. The van der Waals surface area contributed by atoms with E-state index < -0.39 is 17.9 Å². The van der Waals surface area contributed by atoms with Crippen LogP contribution in [-0.2, 0) is 17.8 Å². The van der Waals surface area contributed by atoms with Gasteiger partial charge in [0.1, 0.15) is 12.4 Å². The van der Waals surface area contributed by atoms with Crippen molar-refractivity contribution in [3.8, 4) is 11.5 Å². The van der Waals surface area contributed by atoms with E-state index in [9.17, 15) is 9.59 Å². The number of furan rings is 1. The summed E-state index contributed by atoms with van der Waals surface area (Å²) < 4.78 is 17.4. The lowest BCUT2D eigenvalue weighted by Crippen LogP contribution is -2.49. The van der Waals surface area contributed by atoms with Crippen LogP contribution in [0.1, 0.15) is 41.6 Å². The number of benzene rings is 1. The van der Waals surface area contributed by atoms with Crippen molar-refractivity contribution >= 4 is 11.9 Å². The third-order valence-corrected chi connectivity index (χ3v) is 4.55. The number of carboxylic acids is 1. The van der Waals surface area contributed by atoms with Crippen LogP contribution in [0.15, 0.2) is 34.7 Å². The van der Waals surface area contributed by atoms with E-state index in [4.69, 9.17) is 19.0 Å². The number of likely N-dealkylation sites (N-methyl/N-ethyl adjacent to an activating group) is 1. The first-order chi connectivity index (χ1) is 14.6. The van der Waals surface area contributed by atoms with Crippen molar-refractivity contribution in [3.63, 3.8) is 0 Å². The zero-order valence-electron chi connectivity index (χ0n) is 18.9. The number of aryl methyl sites for hydroxylation is 1. The summed E-state index contributed by atoms with van der Waals surface area (Å²) >= 11 is 0. The number of carbonyl (C=O) groups is 2. The molecule has 170 valence electrons. The normalized spacial score (nSPS) is 12.3. The number of nitrogens with zero attached hydrogens (tertiary/aromatic N) is 1. The first kappa shape index (κ1) is 24.3. The van der Waals surface area contributed by atoms with Crippen molar-refractivity contribution in [3.05, 3.63) is 47.4 Å². The number of aliphatic carboxylic acids is 1. The van der Waals surface area contributed by atoms with Crippen LogP contribution in [-0.4, -0.2) is 62.3 Å². The molecule has 0 fully saturated rings. The lowest BCUT2D eigenvalue weighted by molar-refractivity contribution is -0.871. The van der Waals surface area contributed by atoms with E-state index in [2.05, 4.69) is 12.2 Å². The van der Waals surface area contributed by atoms with Crippen LogP contribution in [0.4, 0.5) is 0 Å². The molecule has 1 aromatic heterocycles. The molecule has 0 radical (unpaired) electrons. The maximum atomic E-state index is 12.5. The number of hydrogen-bond donors (Lipinski definition) is 2. The van der Waals surface area contributed by atoms with Gasteiger partial charge in [-0.3, -0.25) is 9.59 Å².